The lowest BCUT2D eigenvalue weighted by atomic mass is 9.98. The summed E-state index contributed by atoms with van der Waals surface area (Å²) in [5.41, 5.74) is 2.07. The van der Waals surface area contributed by atoms with Crippen molar-refractivity contribution in [2.75, 3.05) is 16.8 Å². The Balaban J connectivity index is 1.30. The number of hydrogen-bond donors (Lipinski definition) is 1. The van der Waals surface area contributed by atoms with Crippen LogP contribution in [0.25, 0.3) is 10.9 Å². The van der Waals surface area contributed by atoms with Crippen LogP contribution in [0, 0.1) is 0 Å². The molecule has 0 aliphatic carbocycles. The predicted molar refractivity (Wildman–Crippen MR) is 122 cm³/mol. The number of aromatic nitrogens is 1. The summed E-state index contributed by atoms with van der Waals surface area (Å²) in [4.78, 5) is 46.4. The molecule has 0 unspecified atom stereocenters. The van der Waals surface area contributed by atoms with Gasteiger partial charge in [-0.05, 0) is 56.2 Å². The van der Waals surface area contributed by atoms with Gasteiger partial charge in [0.05, 0.1) is 22.5 Å². The molecule has 3 aromatic rings. The number of hydrogen-bond acceptors (Lipinski definition) is 4. The van der Waals surface area contributed by atoms with E-state index in [1.165, 1.54) is 0 Å². The number of nitrogens with zero attached hydrogens (tertiary/aromatic N) is 3. The first kappa shape index (κ1) is 20.2. The van der Waals surface area contributed by atoms with E-state index in [0.717, 1.165) is 16.6 Å². The van der Waals surface area contributed by atoms with Crippen LogP contribution >= 0.6 is 0 Å². The van der Waals surface area contributed by atoms with E-state index >= 15 is 0 Å². The molecule has 0 bridgehead atoms. The minimum absolute atomic E-state index is 0.0276. The highest BCUT2D eigenvalue weighted by Crippen LogP contribution is 2.44. The molecule has 162 valence electrons. The topological polar surface area (TPSA) is 82.6 Å². The molecule has 3 heterocycles. The zero-order chi connectivity index (χ0) is 22.3. The van der Waals surface area contributed by atoms with Crippen molar-refractivity contribution in [3.63, 3.8) is 0 Å². The van der Waals surface area contributed by atoms with Gasteiger partial charge in [-0.25, -0.2) is 0 Å². The maximum Gasteiger partial charge on any atom is 0.257 e. The van der Waals surface area contributed by atoms with Gasteiger partial charge >= 0.3 is 0 Å². The van der Waals surface area contributed by atoms with Gasteiger partial charge in [-0.15, -0.1) is 0 Å². The Morgan fingerprint density at radius 1 is 1.09 bits per heavy atom. The first-order valence-electron chi connectivity index (χ1n) is 10.9. The summed E-state index contributed by atoms with van der Waals surface area (Å²) in [5, 5.41) is 3.85. The van der Waals surface area contributed by atoms with Crippen molar-refractivity contribution in [2.45, 2.75) is 38.3 Å². The fraction of sp³-hybridized carbons (Fsp3) is 0.280. The Morgan fingerprint density at radius 2 is 1.94 bits per heavy atom. The Morgan fingerprint density at radius 3 is 2.81 bits per heavy atom. The Hall–Kier alpha value is -3.74. The Kier molecular flexibility index (Phi) is 4.89. The highest BCUT2D eigenvalue weighted by atomic mass is 16.2. The molecule has 1 N–H and O–H groups in total. The maximum absolute atomic E-state index is 13.3. The highest BCUT2D eigenvalue weighted by Gasteiger charge is 2.52. The third-order valence-electron chi connectivity index (χ3n) is 6.45. The number of carbonyl (C=O) groups is 3. The fourth-order valence-electron chi connectivity index (χ4n) is 4.86. The monoisotopic (exact) mass is 428 g/mol. The second-order valence-electron chi connectivity index (χ2n) is 8.45. The van der Waals surface area contributed by atoms with Crippen LogP contribution in [0.15, 0.2) is 60.8 Å². The summed E-state index contributed by atoms with van der Waals surface area (Å²) in [6.07, 6.45) is 3.48. The van der Waals surface area contributed by atoms with E-state index in [1.54, 1.807) is 22.1 Å². The molecule has 2 aliphatic rings. The van der Waals surface area contributed by atoms with Gasteiger partial charge in [-0.2, -0.15) is 0 Å². The molecule has 1 aromatic heterocycles. The standard InChI is InChI=1S/C25H24N4O3/c1-25-14-13-23(31)29(25)21-11-3-2-7-18(21)24(32)28(25)16-6-12-22(30)27-20-10-4-9-19-17(20)8-5-15-26-19/h2-5,7-11,15H,6,12-14,16H2,1H3,(H,27,30)/t25-/m0/s1. The molecule has 5 rings (SSSR count). The second kappa shape index (κ2) is 7.75. The summed E-state index contributed by atoms with van der Waals surface area (Å²) in [5.74, 6) is -0.176. The normalized spacial score (nSPS) is 19.8. The van der Waals surface area contributed by atoms with Crippen molar-refractivity contribution in [1.82, 2.24) is 9.88 Å². The third-order valence-corrected chi connectivity index (χ3v) is 6.45. The molecule has 0 saturated carbocycles. The molecule has 0 radical (unpaired) electrons. The minimum Gasteiger partial charge on any atom is -0.325 e. The van der Waals surface area contributed by atoms with Crippen molar-refractivity contribution in [1.29, 1.82) is 0 Å². The minimum atomic E-state index is -0.694. The van der Waals surface area contributed by atoms with Crippen LogP contribution in [0.1, 0.15) is 43.0 Å². The zero-order valence-electron chi connectivity index (χ0n) is 17.9. The lowest BCUT2D eigenvalue weighted by Crippen LogP contribution is -2.62. The SMILES string of the molecule is C[C@@]12CCC(=O)N1c1ccccc1C(=O)N2CCCC(=O)Nc1cccc2ncccc12. The van der Waals surface area contributed by atoms with Crippen molar-refractivity contribution in [3.05, 3.63) is 66.4 Å². The quantitative estimate of drug-likeness (QED) is 0.667. The summed E-state index contributed by atoms with van der Waals surface area (Å²) < 4.78 is 0. The highest BCUT2D eigenvalue weighted by molar-refractivity contribution is 6.10. The van der Waals surface area contributed by atoms with Crippen molar-refractivity contribution < 1.29 is 14.4 Å². The molecule has 0 spiro atoms. The van der Waals surface area contributed by atoms with Crippen molar-refractivity contribution in [2.24, 2.45) is 0 Å². The van der Waals surface area contributed by atoms with E-state index in [0.29, 0.717) is 37.1 Å². The largest absolute Gasteiger partial charge is 0.325 e. The molecule has 1 saturated heterocycles. The van der Waals surface area contributed by atoms with Gasteiger partial charge in [0.2, 0.25) is 11.8 Å². The van der Waals surface area contributed by atoms with E-state index < -0.39 is 5.66 Å². The van der Waals surface area contributed by atoms with E-state index in [2.05, 4.69) is 10.3 Å². The third kappa shape index (κ3) is 3.21. The molecular weight excluding hydrogens is 404 g/mol. The van der Waals surface area contributed by atoms with E-state index in [1.807, 2.05) is 55.5 Å². The summed E-state index contributed by atoms with van der Waals surface area (Å²) >= 11 is 0. The van der Waals surface area contributed by atoms with Crippen LogP contribution in [0.3, 0.4) is 0 Å². The lowest BCUT2D eigenvalue weighted by molar-refractivity contribution is -0.118. The molecule has 1 atom stereocenters. The molecule has 7 heteroatoms. The summed E-state index contributed by atoms with van der Waals surface area (Å²) in [7, 11) is 0. The number of rotatable bonds is 5. The van der Waals surface area contributed by atoms with E-state index in [4.69, 9.17) is 0 Å². The van der Waals surface area contributed by atoms with Crippen LogP contribution in [0.2, 0.25) is 0 Å². The molecule has 2 aliphatic heterocycles. The van der Waals surface area contributed by atoms with Crippen LogP contribution < -0.4 is 10.2 Å². The second-order valence-corrected chi connectivity index (χ2v) is 8.45. The average molecular weight is 428 g/mol. The zero-order valence-corrected chi connectivity index (χ0v) is 17.9. The number of nitrogens with one attached hydrogen (secondary N) is 1. The van der Waals surface area contributed by atoms with Crippen LogP contribution in [-0.4, -0.2) is 39.8 Å². The van der Waals surface area contributed by atoms with Crippen molar-refractivity contribution in [3.8, 4) is 0 Å². The predicted octanol–water partition coefficient (Wildman–Crippen LogP) is 3.95. The number of benzene rings is 2. The molecular formula is C25H24N4O3. The Bertz CT molecular complexity index is 1240. The number of carbonyl (C=O) groups excluding carboxylic acids is 3. The van der Waals surface area contributed by atoms with Gasteiger partial charge in [0.15, 0.2) is 0 Å². The van der Waals surface area contributed by atoms with Gasteiger partial charge in [-0.3, -0.25) is 24.3 Å². The molecule has 7 nitrogen and oxygen atoms in total. The lowest BCUT2D eigenvalue weighted by Gasteiger charge is -2.48. The number of para-hydroxylation sites is 1. The van der Waals surface area contributed by atoms with Crippen LogP contribution in [-0.2, 0) is 9.59 Å². The smallest absolute Gasteiger partial charge is 0.257 e. The van der Waals surface area contributed by atoms with E-state index in [-0.39, 0.29) is 24.1 Å². The molecule has 2 aromatic carbocycles. The average Bonchev–Trinajstić information content (AvgIpc) is 3.11. The number of anilines is 2. The summed E-state index contributed by atoms with van der Waals surface area (Å²) in [6, 6.07) is 16.6. The maximum atomic E-state index is 13.3. The first-order chi connectivity index (χ1) is 15.5. The van der Waals surface area contributed by atoms with E-state index in [9.17, 15) is 14.4 Å². The number of amides is 3. The Labute approximate surface area is 186 Å². The number of fused-ring (bicyclic) bond motifs is 4. The van der Waals surface area contributed by atoms with Gasteiger partial charge in [0, 0.05) is 31.0 Å². The van der Waals surface area contributed by atoms with Gasteiger partial charge in [0.25, 0.3) is 5.91 Å². The molecule has 32 heavy (non-hydrogen) atoms. The van der Waals surface area contributed by atoms with Crippen LogP contribution in [0.5, 0.6) is 0 Å². The van der Waals surface area contributed by atoms with Gasteiger partial charge in [0.1, 0.15) is 5.66 Å². The molecule has 3 amide bonds. The number of pyridine rings is 1. The fourth-order valence-corrected chi connectivity index (χ4v) is 4.86. The van der Waals surface area contributed by atoms with Gasteiger partial charge in [-0.1, -0.05) is 18.2 Å². The van der Waals surface area contributed by atoms with Gasteiger partial charge < -0.3 is 10.2 Å². The van der Waals surface area contributed by atoms with Crippen LogP contribution in [0.4, 0.5) is 11.4 Å². The first-order valence-corrected chi connectivity index (χ1v) is 10.9. The summed E-state index contributed by atoms with van der Waals surface area (Å²) in [6.45, 7) is 2.34. The molecule has 1 fully saturated rings. The van der Waals surface area contributed by atoms with Crippen molar-refractivity contribution >= 4 is 40.0 Å².